The van der Waals surface area contributed by atoms with Crippen LogP contribution in [0.5, 0.6) is 5.75 Å². The van der Waals surface area contributed by atoms with E-state index in [1.165, 1.54) is 11.3 Å². The molecule has 3 nitrogen and oxygen atoms in total. The van der Waals surface area contributed by atoms with Crippen LogP contribution in [-0.2, 0) is 0 Å². The third-order valence-corrected chi connectivity index (χ3v) is 3.23. The Morgan fingerprint density at radius 1 is 1.44 bits per heavy atom. The molecule has 0 aliphatic heterocycles. The molecule has 0 amide bonds. The molecule has 0 aliphatic rings. The average molecular weight is 236 g/mol. The molecule has 0 unspecified atom stereocenters. The van der Waals surface area contributed by atoms with E-state index >= 15 is 0 Å². The zero-order chi connectivity index (χ0) is 11.7. The van der Waals surface area contributed by atoms with Crippen LogP contribution in [-0.4, -0.2) is 17.2 Å². The fraction of sp³-hybridized carbons (Fsp3) is 0.250. The van der Waals surface area contributed by atoms with Gasteiger partial charge in [-0.15, -0.1) is 11.3 Å². The van der Waals surface area contributed by atoms with Crippen LogP contribution < -0.4 is 4.74 Å². The van der Waals surface area contributed by atoms with E-state index in [4.69, 9.17) is 9.84 Å². The van der Waals surface area contributed by atoms with Crippen molar-refractivity contribution in [1.82, 2.24) is 0 Å². The lowest BCUT2D eigenvalue weighted by molar-refractivity contribution is 0.0702. The molecule has 0 atom stereocenters. The first-order valence-electron chi connectivity index (χ1n) is 5.00. The van der Waals surface area contributed by atoms with Gasteiger partial charge in [0.25, 0.3) is 0 Å². The largest absolute Gasteiger partial charge is 0.490 e. The van der Waals surface area contributed by atoms with Gasteiger partial charge in [0.15, 0.2) is 0 Å². The summed E-state index contributed by atoms with van der Waals surface area (Å²) in [6.45, 7) is 3.90. The van der Waals surface area contributed by atoms with Crippen LogP contribution in [0.4, 0.5) is 0 Å². The van der Waals surface area contributed by atoms with Crippen LogP contribution in [0.25, 0.3) is 10.1 Å². The number of aromatic carboxylic acids is 1. The van der Waals surface area contributed by atoms with E-state index in [-0.39, 0.29) is 6.10 Å². The minimum Gasteiger partial charge on any atom is -0.490 e. The van der Waals surface area contributed by atoms with Gasteiger partial charge in [-0.3, -0.25) is 0 Å². The molecule has 16 heavy (non-hydrogen) atoms. The lowest BCUT2D eigenvalue weighted by Gasteiger charge is -2.09. The standard InChI is InChI=1S/C12H12O3S/c1-7(2)15-9-5-3-4-8-6-10(12(13)14)16-11(8)9/h3-7H,1-2H3,(H,13,14). The molecule has 2 aromatic rings. The van der Waals surface area contributed by atoms with E-state index in [0.29, 0.717) is 4.88 Å². The number of thiophene rings is 1. The van der Waals surface area contributed by atoms with Crippen LogP contribution in [0, 0.1) is 0 Å². The zero-order valence-electron chi connectivity index (χ0n) is 9.06. The third-order valence-electron chi connectivity index (χ3n) is 2.08. The number of carboxylic acids is 1. The minimum absolute atomic E-state index is 0.0842. The number of benzene rings is 1. The van der Waals surface area contributed by atoms with Crippen molar-refractivity contribution < 1.29 is 14.6 Å². The molecule has 1 aromatic carbocycles. The van der Waals surface area contributed by atoms with Gasteiger partial charge in [-0.05, 0) is 31.4 Å². The molecule has 0 bridgehead atoms. The fourth-order valence-electron chi connectivity index (χ4n) is 1.49. The normalized spacial score (nSPS) is 10.9. The predicted molar refractivity (Wildman–Crippen MR) is 64.5 cm³/mol. The first kappa shape index (κ1) is 11.0. The summed E-state index contributed by atoms with van der Waals surface area (Å²) < 4.78 is 6.53. The SMILES string of the molecule is CC(C)Oc1cccc2cc(C(=O)O)sc12. The van der Waals surface area contributed by atoms with Gasteiger partial charge >= 0.3 is 5.97 Å². The number of ether oxygens (including phenoxy) is 1. The van der Waals surface area contributed by atoms with Gasteiger partial charge in [-0.2, -0.15) is 0 Å². The Morgan fingerprint density at radius 3 is 2.81 bits per heavy atom. The second-order valence-electron chi connectivity index (χ2n) is 3.76. The maximum atomic E-state index is 10.9. The molecular weight excluding hydrogens is 224 g/mol. The van der Waals surface area contributed by atoms with Crippen molar-refractivity contribution in [2.24, 2.45) is 0 Å². The Balaban J connectivity index is 2.54. The molecule has 0 saturated heterocycles. The van der Waals surface area contributed by atoms with Crippen molar-refractivity contribution in [2.75, 3.05) is 0 Å². The lowest BCUT2D eigenvalue weighted by Crippen LogP contribution is -2.05. The van der Waals surface area contributed by atoms with Crippen LogP contribution in [0.15, 0.2) is 24.3 Å². The lowest BCUT2D eigenvalue weighted by atomic mass is 10.2. The van der Waals surface area contributed by atoms with Gasteiger partial charge in [-0.25, -0.2) is 4.79 Å². The maximum absolute atomic E-state index is 10.9. The summed E-state index contributed by atoms with van der Waals surface area (Å²) >= 11 is 1.25. The molecule has 1 heterocycles. The molecule has 84 valence electrons. The van der Waals surface area contributed by atoms with Crippen molar-refractivity contribution in [3.8, 4) is 5.75 Å². The molecule has 0 aliphatic carbocycles. The Morgan fingerprint density at radius 2 is 2.19 bits per heavy atom. The summed E-state index contributed by atoms with van der Waals surface area (Å²) in [6.07, 6.45) is 0.0842. The van der Waals surface area contributed by atoms with Gasteiger partial charge in [0.1, 0.15) is 10.6 Å². The molecule has 1 N–H and O–H groups in total. The van der Waals surface area contributed by atoms with E-state index in [9.17, 15) is 4.79 Å². The van der Waals surface area contributed by atoms with E-state index in [1.807, 2.05) is 32.0 Å². The second kappa shape index (κ2) is 4.14. The molecule has 0 radical (unpaired) electrons. The summed E-state index contributed by atoms with van der Waals surface area (Å²) in [5, 5.41) is 9.85. The Bertz CT molecular complexity index is 528. The van der Waals surface area contributed by atoms with Crippen molar-refractivity contribution in [2.45, 2.75) is 20.0 Å². The highest BCUT2D eigenvalue weighted by atomic mass is 32.1. The number of carboxylic acid groups (broad SMARTS) is 1. The highest BCUT2D eigenvalue weighted by Crippen LogP contribution is 2.34. The van der Waals surface area contributed by atoms with Crippen LogP contribution in [0.2, 0.25) is 0 Å². The van der Waals surface area contributed by atoms with Crippen LogP contribution >= 0.6 is 11.3 Å². The maximum Gasteiger partial charge on any atom is 0.345 e. The van der Waals surface area contributed by atoms with E-state index in [1.54, 1.807) is 6.07 Å². The highest BCUT2D eigenvalue weighted by molar-refractivity contribution is 7.21. The first-order valence-corrected chi connectivity index (χ1v) is 5.82. The molecule has 0 fully saturated rings. The summed E-state index contributed by atoms with van der Waals surface area (Å²) in [6, 6.07) is 7.31. The van der Waals surface area contributed by atoms with Crippen molar-refractivity contribution in [3.05, 3.63) is 29.1 Å². The monoisotopic (exact) mass is 236 g/mol. The van der Waals surface area contributed by atoms with Gasteiger partial charge in [-0.1, -0.05) is 12.1 Å². The van der Waals surface area contributed by atoms with Crippen molar-refractivity contribution in [1.29, 1.82) is 0 Å². The number of carbonyl (C=O) groups is 1. The Hall–Kier alpha value is -1.55. The minimum atomic E-state index is -0.892. The quantitative estimate of drug-likeness (QED) is 0.888. The highest BCUT2D eigenvalue weighted by Gasteiger charge is 2.12. The number of fused-ring (bicyclic) bond motifs is 1. The van der Waals surface area contributed by atoms with Crippen molar-refractivity contribution in [3.63, 3.8) is 0 Å². The number of hydrogen-bond acceptors (Lipinski definition) is 3. The molecule has 1 aromatic heterocycles. The Kier molecular flexibility index (Phi) is 2.83. The summed E-state index contributed by atoms with van der Waals surface area (Å²) in [4.78, 5) is 11.2. The zero-order valence-corrected chi connectivity index (χ0v) is 9.88. The van der Waals surface area contributed by atoms with Gasteiger partial charge in [0.2, 0.25) is 0 Å². The van der Waals surface area contributed by atoms with Crippen molar-refractivity contribution >= 4 is 27.4 Å². The fourth-order valence-corrected chi connectivity index (χ4v) is 2.44. The number of rotatable bonds is 3. The van der Waals surface area contributed by atoms with E-state index in [2.05, 4.69) is 0 Å². The van der Waals surface area contributed by atoms with Gasteiger partial charge < -0.3 is 9.84 Å². The number of hydrogen-bond donors (Lipinski definition) is 1. The molecule has 0 spiro atoms. The molecule has 0 saturated carbocycles. The summed E-state index contributed by atoms with van der Waals surface area (Å²) in [5.41, 5.74) is 0. The predicted octanol–water partition coefficient (Wildman–Crippen LogP) is 3.39. The Labute approximate surface area is 97.3 Å². The summed E-state index contributed by atoms with van der Waals surface area (Å²) in [5.74, 6) is -0.137. The summed E-state index contributed by atoms with van der Waals surface area (Å²) in [7, 11) is 0. The molecule has 2 rings (SSSR count). The topological polar surface area (TPSA) is 46.5 Å². The first-order chi connectivity index (χ1) is 7.58. The van der Waals surface area contributed by atoms with E-state index in [0.717, 1.165) is 15.8 Å². The second-order valence-corrected chi connectivity index (χ2v) is 4.81. The average Bonchev–Trinajstić information content (AvgIpc) is 2.61. The molecule has 4 heteroatoms. The van der Waals surface area contributed by atoms with Crippen LogP contribution in [0.1, 0.15) is 23.5 Å². The third kappa shape index (κ3) is 2.02. The molecular formula is C12H12O3S. The van der Waals surface area contributed by atoms with Gasteiger partial charge in [0, 0.05) is 0 Å². The van der Waals surface area contributed by atoms with E-state index < -0.39 is 5.97 Å². The van der Waals surface area contributed by atoms with Crippen LogP contribution in [0.3, 0.4) is 0 Å². The van der Waals surface area contributed by atoms with Gasteiger partial charge in [0.05, 0.1) is 10.8 Å². The smallest absolute Gasteiger partial charge is 0.345 e.